The number of hydrogen-bond donors (Lipinski definition) is 2. The number of benzene rings is 2. The number of ether oxygens (including phenoxy) is 1. The van der Waals surface area contributed by atoms with Crippen LogP contribution in [0.15, 0.2) is 48.5 Å². The first-order chi connectivity index (χ1) is 12.9. The lowest BCUT2D eigenvalue weighted by Crippen LogP contribution is -2.34. The van der Waals surface area contributed by atoms with Crippen molar-refractivity contribution in [1.82, 2.24) is 5.32 Å². The fourth-order valence-electron chi connectivity index (χ4n) is 2.50. The van der Waals surface area contributed by atoms with Gasteiger partial charge < -0.3 is 15.2 Å². The first-order valence-electron chi connectivity index (χ1n) is 8.38. The Labute approximate surface area is 155 Å². The van der Waals surface area contributed by atoms with Gasteiger partial charge in [0, 0.05) is 24.2 Å². The van der Waals surface area contributed by atoms with Crippen LogP contribution >= 0.6 is 0 Å². The number of non-ortho nitro benzene ring substituents is 1. The lowest BCUT2D eigenvalue weighted by Gasteiger charge is -2.14. The topological polar surface area (TPSA) is 119 Å². The highest BCUT2D eigenvalue weighted by Gasteiger charge is 2.20. The van der Waals surface area contributed by atoms with Gasteiger partial charge in [-0.25, -0.2) is 0 Å². The number of amides is 1. The number of carboxylic acids is 1. The van der Waals surface area contributed by atoms with E-state index in [1.165, 1.54) is 18.2 Å². The summed E-state index contributed by atoms with van der Waals surface area (Å²) in [5.74, 6) is -1.72. The molecule has 1 atom stereocenters. The molecule has 2 rings (SSSR count). The fraction of sp³-hybridized carbons (Fsp3) is 0.263. The predicted octanol–water partition coefficient (Wildman–Crippen LogP) is 2.67. The van der Waals surface area contributed by atoms with Crippen molar-refractivity contribution in [3.05, 3.63) is 69.8 Å². The Morgan fingerprint density at radius 2 is 1.93 bits per heavy atom. The van der Waals surface area contributed by atoms with Gasteiger partial charge >= 0.3 is 5.97 Å². The van der Waals surface area contributed by atoms with Gasteiger partial charge in [0.15, 0.2) is 0 Å². The number of aliphatic carboxylic acids is 1. The minimum Gasteiger partial charge on any atom is -0.494 e. The third kappa shape index (κ3) is 5.81. The maximum Gasteiger partial charge on any atom is 0.308 e. The third-order valence-electron chi connectivity index (χ3n) is 3.89. The zero-order valence-corrected chi connectivity index (χ0v) is 14.8. The van der Waals surface area contributed by atoms with Crippen LogP contribution < -0.4 is 10.1 Å². The monoisotopic (exact) mass is 372 g/mol. The highest BCUT2D eigenvalue weighted by molar-refractivity contribution is 5.95. The maximum absolute atomic E-state index is 12.2. The summed E-state index contributed by atoms with van der Waals surface area (Å²) in [7, 11) is 0. The standard InChI is InChI=1S/C19H20N2O6/c1-2-27-17-8-6-13(7-9-17)10-15(19(23)24)12-20-18(22)14-4-3-5-16(11-14)21(25)26/h3-9,11,15H,2,10,12H2,1H3,(H,20,22)(H,23,24). The molecule has 1 amide bonds. The number of carbonyl (C=O) groups is 2. The Morgan fingerprint density at radius 3 is 2.52 bits per heavy atom. The van der Waals surface area contributed by atoms with Crippen LogP contribution in [0.3, 0.4) is 0 Å². The molecule has 0 bridgehead atoms. The molecule has 0 spiro atoms. The summed E-state index contributed by atoms with van der Waals surface area (Å²) in [6, 6.07) is 12.4. The van der Waals surface area contributed by atoms with Crippen LogP contribution in [0.4, 0.5) is 5.69 Å². The summed E-state index contributed by atoms with van der Waals surface area (Å²) in [5.41, 5.74) is 0.705. The van der Waals surface area contributed by atoms with Crippen LogP contribution in [0.2, 0.25) is 0 Å². The molecule has 142 valence electrons. The molecule has 0 saturated heterocycles. The van der Waals surface area contributed by atoms with Gasteiger partial charge in [-0.05, 0) is 37.1 Å². The Morgan fingerprint density at radius 1 is 1.22 bits per heavy atom. The Bertz CT molecular complexity index is 819. The van der Waals surface area contributed by atoms with Crippen LogP contribution in [0, 0.1) is 16.0 Å². The average Bonchev–Trinajstić information content (AvgIpc) is 2.66. The second-order valence-electron chi connectivity index (χ2n) is 5.83. The summed E-state index contributed by atoms with van der Waals surface area (Å²) in [5, 5.41) is 22.7. The lowest BCUT2D eigenvalue weighted by molar-refractivity contribution is -0.384. The molecule has 0 aliphatic carbocycles. The SMILES string of the molecule is CCOc1ccc(CC(CNC(=O)c2cccc([N+](=O)[O-])c2)C(=O)O)cc1. The van der Waals surface area contributed by atoms with Crippen molar-refractivity contribution in [2.24, 2.45) is 5.92 Å². The van der Waals surface area contributed by atoms with Gasteiger partial charge in [-0.3, -0.25) is 19.7 Å². The van der Waals surface area contributed by atoms with Crippen LogP contribution in [-0.2, 0) is 11.2 Å². The predicted molar refractivity (Wildman–Crippen MR) is 97.9 cm³/mol. The van der Waals surface area contributed by atoms with Crippen molar-refractivity contribution >= 4 is 17.6 Å². The molecule has 0 fully saturated rings. The highest BCUT2D eigenvalue weighted by atomic mass is 16.6. The number of nitrogens with zero attached hydrogens (tertiary/aromatic N) is 1. The van der Waals surface area contributed by atoms with Gasteiger partial charge in [-0.2, -0.15) is 0 Å². The highest BCUT2D eigenvalue weighted by Crippen LogP contribution is 2.16. The Balaban J connectivity index is 1.99. The maximum atomic E-state index is 12.2. The zero-order chi connectivity index (χ0) is 19.8. The van der Waals surface area contributed by atoms with E-state index in [0.29, 0.717) is 12.4 Å². The van der Waals surface area contributed by atoms with Crippen LogP contribution in [-0.4, -0.2) is 35.1 Å². The minimum absolute atomic E-state index is 0.0932. The normalized spacial score (nSPS) is 11.4. The molecule has 0 saturated carbocycles. The number of hydrogen-bond acceptors (Lipinski definition) is 5. The van der Waals surface area contributed by atoms with Gasteiger partial charge in [-0.1, -0.05) is 18.2 Å². The number of carboxylic acid groups (broad SMARTS) is 1. The number of rotatable bonds is 9. The summed E-state index contributed by atoms with van der Waals surface area (Å²) in [6.07, 6.45) is 0.233. The smallest absolute Gasteiger partial charge is 0.308 e. The van der Waals surface area contributed by atoms with Gasteiger partial charge in [-0.15, -0.1) is 0 Å². The summed E-state index contributed by atoms with van der Waals surface area (Å²) in [4.78, 5) is 33.9. The van der Waals surface area contributed by atoms with E-state index < -0.39 is 22.7 Å². The van der Waals surface area contributed by atoms with Gasteiger partial charge in [0.2, 0.25) is 0 Å². The fourth-order valence-corrected chi connectivity index (χ4v) is 2.50. The molecule has 0 aromatic heterocycles. The molecule has 27 heavy (non-hydrogen) atoms. The van der Waals surface area contributed by atoms with E-state index in [0.717, 1.165) is 11.6 Å². The largest absolute Gasteiger partial charge is 0.494 e. The molecule has 0 aliphatic heterocycles. The molecular weight excluding hydrogens is 352 g/mol. The van der Waals surface area contributed by atoms with Gasteiger partial charge in [0.05, 0.1) is 17.4 Å². The van der Waals surface area contributed by atoms with Crippen molar-refractivity contribution in [2.75, 3.05) is 13.2 Å². The van der Waals surface area contributed by atoms with Crippen LogP contribution in [0.1, 0.15) is 22.8 Å². The number of nitro benzene ring substituents is 1. The molecule has 0 aliphatic rings. The van der Waals surface area contributed by atoms with Crippen LogP contribution in [0.5, 0.6) is 5.75 Å². The third-order valence-corrected chi connectivity index (χ3v) is 3.89. The molecular formula is C19H20N2O6. The van der Waals surface area contributed by atoms with E-state index >= 15 is 0 Å². The number of nitrogens with one attached hydrogen (secondary N) is 1. The second kappa shape index (κ2) is 9.33. The number of carbonyl (C=O) groups excluding carboxylic acids is 1. The van der Waals surface area contributed by atoms with E-state index in [9.17, 15) is 24.8 Å². The van der Waals surface area contributed by atoms with Crippen molar-refractivity contribution in [3.8, 4) is 5.75 Å². The van der Waals surface area contributed by atoms with E-state index in [4.69, 9.17) is 4.74 Å². The minimum atomic E-state index is -1.04. The van der Waals surface area contributed by atoms with E-state index in [1.807, 2.05) is 6.92 Å². The molecule has 0 heterocycles. The molecule has 2 N–H and O–H groups in total. The van der Waals surface area contributed by atoms with Crippen molar-refractivity contribution in [2.45, 2.75) is 13.3 Å². The first-order valence-corrected chi connectivity index (χ1v) is 8.38. The molecule has 8 nitrogen and oxygen atoms in total. The molecule has 2 aromatic carbocycles. The van der Waals surface area contributed by atoms with Gasteiger partial charge in [0.25, 0.3) is 11.6 Å². The molecule has 2 aromatic rings. The van der Waals surface area contributed by atoms with Crippen molar-refractivity contribution < 1.29 is 24.4 Å². The first kappa shape index (κ1) is 19.9. The Hall–Kier alpha value is -3.42. The van der Waals surface area contributed by atoms with Crippen molar-refractivity contribution in [3.63, 3.8) is 0 Å². The Kier molecular flexibility index (Phi) is 6.87. The van der Waals surface area contributed by atoms with Gasteiger partial charge in [0.1, 0.15) is 5.75 Å². The molecule has 8 heteroatoms. The van der Waals surface area contributed by atoms with E-state index in [1.54, 1.807) is 24.3 Å². The molecule has 1 unspecified atom stereocenters. The van der Waals surface area contributed by atoms with Crippen LogP contribution in [0.25, 0.3) is 0 Å². The number of nitro groups is 1. The average molecular weight is 372 g/mol. The molecule has 0 radical (unpaired) electrons. The zero-order valence-electron chi connectivity index (χ0n) is 14.8. The van der Waals surface area contributed by atoms with E-state index in [-0.39, 0.29) is 24.2 Å². The quantitative estimate of drug-likeness (QED) is 0.516. The van der Waals surface area contributed by atoms with Crippen molar-refractivity contribution in [1.29, 1.82) is 0 Å². The van der Waals surface area contributed by atoms with E-state index in [2.05, 4.69) is 5.32 Å². The second-order valence-corrected chi connectivity index (χ2v) is 5.83. The summed E-state index contributed by atoms with van der Waals surface area (Å²) < 4.78 is 5.35. The lowest BCUT2D eigenvalue weighted by atomic mass is 9.99. The summed E-state index contributed by atoms with van der Waals surface area (Å²) >= 11 is 0. The summed E-state index contributed by atoms with van der Waals surface area (Å²) in [6.45, 7) is 2.32.